The van der Waals surface area contributed by atoms with Gasteiger partial charge in [-0.1, -0.05) is 13.3 Å². The number of carbonyl (C=O) groups excluding carboxylic acids is 1. The number of aromatic nitrogens is 3. The molecule has 3 N–H and O–H groups in total. The molecule has 1 heterocycles. The molecular formula is C12H18N4O3. The first kappa shape index (κ1) is 13.5. The summed E-state index contributed by atoms with van der Waals surface area (Å²) in [5.41, 5.74) is -1.29. The molecule has 0 saturated heterocycles. The van der Waals surface area contributed by atoms with Crippen LogP contribution in [0.1, 0.15) is 61.9 Å². The number of nitrogens with zero attached hydrogens (tertiary/aromatic N) is 2. The maximum atomic E-state index is 12.0. The van der Waals surface area contributed by atoms with E-state index in [2.05, 4.69) is 20.5 Å². The second kappa shape index (κ2) is 4.99. The number of aromatic amines is 1. The molecule has 1 aliphatic rings. The number of carboxylic acids is 1. The third kappa shape index (κ3) is 2.91. The van der Waals surface area contributed by atoms with Crippen molar-refractivity contribution in [1.29, 1.82) is 0 Å². The Morgan fingerprint density at radius 3 is 2.74 bits per heavy atom. The number of nitrogens with one attached hydrogen (secondary N) is 2. The highest BCUT2D eigenvalue weighted by Crippen LogP contribution is 2.37. The summed E-state index contributed by atoms with van der Waals surface area (Å²) < 4.78 is 0. The monoisotopic (exact) mass is 266 g/mol. The van der Waals surface area contributed by atoms with Crippen molar-refractivity contribution >= 4 is 11.9 Å². The third-order valence-corrected chi connectivity index (χ3v) is 3.28. The number of hydrogen-bond acceptors (Lipinski definition) is 4. The Hall–Kier alpha value is -1.92. The molecule has 1 saturated carbocycles. The Bertz CT molecular complexity index is 495. The molecule has 19 heavy (non-hydrogen) atoms. The number of carbonyl (C=O) groups is 2. The fourth-order valence-corrected chi connectivity index (χ4v) is 1.94. The predicted molar refractivity (Wildman–Crippen MR) is 66.8 cm³/mol. The SMILES string of the molecule is CCCC(C)(NC(=O)c1n[nH]c(C2CC2)n1)C(=O)O. The van der Waals surface area contributed by atoms with Crippen LogP contribution in [0.4, 0.5) is 0 Å². The molecule has 104 valence electrons. The summed E-state index contributed by atoms with van der Waals surface area (Å²) in [7, 11) is 0. The van der Waals surface area contributed by atoms with Crippen LogP contribution in [-0.2, 0) is 4.79 Å². The molecule has 0 spiro atoms. The predicted octanol–water partition coefficient (Wildman–Crippen LogP) is 1.06. The van der Waals surface area contributed by atoms with Gasteiger partial charge >= 0.3 is 5.97 Å². The van der Waals surface area contributed by atoms with Gasteiger partial charge in [-0.2, -0.15) is 0 Å². The average Bonchev–Trinajstić information content (AvgIpc) is 3.07. The number of aliphatic carboxylic acids is 1. The van der Waals surface area contributed by atoms with Crippen LogP contribution in [0, 0.1) is 0 Å². The van der Waals surface area contributed by atoms with Crippen LogP contribution in [-0.4, -0.2) is 37.7 Å². The van der Waals surface area contributed by atoms with Crippen molar-refractivity contribution in [2.75, 3.05) is 0 Å². The lowest BCUT2D eigenvalue weighted by Gasteiger charge is -2.24. The quantitative estimate of drug-likeness (QED) is 0.713. The zero-order valence-corrected chi connectivity index (χ0v) is 11.1. The highest BCUT2D eigenvalue weighted by atomic mass is 16.4. The molecule has 1 aromatic rings. The van der Waals surface area contributed by atoms with Crippen LogP contribution in [0.25, 0.3) is 0 Å². The minimum absolute atomic E-state index is 0.00507. The molecule has 1 aromatic heterocycles. The minimum Gasteiger partial charge on any atom is -0.480 e. The highest BCUT2D eigenvalue weighted by molar-refractivity contribution is 5.94. The molecule has 1 fully saturated rings. The van der Waals surface area contributed by atoms with E-state index in [1.807, 2.05) is 6.92 Å². The van der Waals surface area contributed by atoms with Gasteiger partial charge in [0.05, 0.1) is 0 Å². The summed E-state index contributed by atoms with van der Waals surface area (Å²) >= 11 is 0. The summed E-state index contributed by atoms with van der Waals surface area (Å²) in [6.07, 6.45) is 3.12. The van der Waals surface area contributed by atoms with Crippen LogP contribution in [0.15, 0.2) is 0 Å². The molecule has 1 atom stereocenters. The Morgan fingerprint density at radius 2 is 2.21 bits per heavy atom. The van der Waals surface area contributed by atoms with Gasteiger partial charge in [-0.15, -0.1) is 5.10 Å². The van der Waals surface area contributed by atoms with Crippen LogP contribution in [0.3, 0.4) is 0 Å². The first-order valence-corrected chi connectivity index (χ1v) is 6.44. The van der Waals surface area contributed by atoms with Crippen molar-refractivity contribution < 1.29 is 14.7 Å². The van der Waals surface area contributed by atoms with Crippen molar-refractivity contribution in [1.82, 2.24) is 20.5 Å². The van der Waals surface area contributed by atoms with Crippen LogP contribution in [0.5, 0.6) is 0 Å². The highest BCUT2D eigenvalue weighted by Gasteiger charge is 2.35. The van der Waals surface area contributed by atoms with Gasteiger partial charge in [-0.3, -0.25) is 9.89 Å². The van der Waals surface area contributed by atoms with E-state index >= 15 is 0 Å². The number of carboxylic acid groups (broad SMARTS) is 1. The molecule has 1 unspecified atom stereocenters. The van der Waals surface area contributed by atoms with Crippen molar-refractivity contribution in [2.45, 2.75) is 51.0 Å². The molecule has 0 radical (unpaired) electrons. The maximum absolute atomic E-state index is 12.0. The molecule has 7 nitrogen and oxygen atoms in total. The number of H-pyrrole nitrogens is 1. The summed E-state index contributed by atoms with van der Waals surface area (Å²) in [6, 6.07) is 0. The topological polar surface area (TPSA) is 108 Å². The smallest absolute Gasteiger partial charge is 0.329 e. The lowest BCUT2D eigenvalue weighted by atomic mass is 9.96. The molecule has 1 amide bonds. The van der Waals surface area contributed by atoms with Crippen LogP contribution >= 0.6 is 0 Å². The fourth-order valence-electron chi connectivity index (χ4n) is 1.94. The lowest BCUT2D eigenvalue weighted by Crippen LogP contribution is -2.52. The summed E-state index contributed by atoms with van der Waals surface area (Å²) in [6.45, 7) is 3.36. The van der Waals surface area contributed by atoms with Gasteiger partial charge in [-0.25, -0.2) is 9.78 Å². The molecule has 2 rings (SSSR count). The lowest BCUT2D eigenvalue weighted by molar-refractivity contribution is -0.144. The third-order valence-electron chi connectivity index (χ3n) is 3.28. The van der Waals surface area contributed by atoms with E-state index in [-0.39, 0.29) is 5.82 Å². The van der Waals surface area contributed by atoms with Crippen molar-refractivity contribution in [2.24, 2.45) is 0 Å². The largest absolute Gasteiger partial charge is 0.480 e. The first-order valence-electron chi connectivity index (χ1n) is 6.44. The van der Waals surface area contributed by atoms with Gasteiger partial charge in [0, 0.05) is 5.92 Å². The van der Waals surface area contributed by atoms with Gasteiger partial charge in [0.2, 0.25) is 5.82 Å². The minimum atomic E-state index is -1.29. The van der Waals surface area contributed by atoms with Gasteiger partial charge in [0.1, 0.15) is 11.4 Å². The normalized spacial score (nSPS) is 17.8. The maximum Gasteiger partial charge on any atom is 0.329 e. The van der Waals surface area contributed by atoms with E-state index < -0.39 is 17.4 Å². The second-order valence-electron chi connectivity index (χ2n) is 5.16. The second-order valence-corrected chi connectivity index (χ2v) is 5.16. The number of rotatable bonds is 6. The standard InChI is InChI=1S/C12H18N4O3/c1-3-6-12(2,11(18)19)14-10(17)9-13-8(15-16-9)7-4-5-7/h7H,3-6H2,1-2H3,(H,14,17)(H,18,19)(H,13,15,16). The molecule has 1 aliphatic carbocycles. The van der Waals surface area contributed by atoms with E-state index in [4.69, 9.17) is 0 Å². The first-order chi connectivity index (χ1) is 8.96. The molecule has 7 heteroatoms. The number of hydrogen-bond donors (Lipinski definition) is 3. The van der Waals surface area contributed by atoms with Crippen LogP contribution < -0.4 is 5.32 Å². The van der Waals surface area contributed by atoms with Gasteiger partial charge in [0.15, 0.2) is 0 Å². The molecule has 0 aliphatic heterocycles. The van der Waals surface area contributed by atoms with Crippen LogP contribution in [0.2, 0.25) is 0 Å². The summed E-state index contributed by atoms with van der Waals surface area (Å²) in [5, 5.41) is 18.3. The van der Waals surface area contributed by atoms with E-state index in [9.17, 15) is 14.7 Å². The van der Waals surface area contributed by atoms with Crippen molar-refractivity contribution in [3.63, 3.8) is 0 Å². The van der Waals surface area contributed by atoms with E-state index in [1.54, 1.807) is 0 Å². The summed E-state index contributed by atoms with van der Waals surface area (Å²) in [5.74, 6) is -0.527. The molecular weight excluding hydrogens is 248 g/mol. The molecule has 0 bridgehead atoms. The Kier molecular flexibility index (Phi) is 3.55. The van der Waals surface area contributed by atoms with Crippen molar-refractivity contribution in [3.05, 3.63) is 11.6 Å². The van der Waals surface area contributed by atoms with Gasteiger partial charge in [-0.05, 0) is 26.2 Å². The summed E-state index contributed by atoms with van der Waals surface area (Å²) in [4.78, 5) is 27.3. The Balaban J connectivity index is 2.07. The fraction of sp³-hybridized carbons (Fsp3) is 0.667. The van der Waals surface area contributed by atoms with Gasteiger partial charge < -0.3 is 10.4 Å². The van der Waals surface area contributed by atoms with E-state index in [0.717, 1.165) is 12.8 Å². The Labute approximate surface area is 110 Å². The van der Waals surface area contributed by atoms with E-state index in [0.29, 0.717) is 24.6 Å². The Morgan fingerprint density at radius 1 is 1.53 bits per heavy atom. The van der Waals surface area contributed by atoms with Crippen molar-refractivity contribution in [3.8, 4) is 0 Å². The zero-order chi connectivity index (χ0) is 14.0. The molecule has 0 aromatic carbocycles. The zero-order valence-electron chi connectivity index (χ0n) is 11.1. The number of amides is 1. The van der Waals surface area contributed by atoms with E-state index in [1.165, 1.54) is 6.92 Å². The average molecular weight is 266 g/mol. The van der Waals surface area contributed by atoms with Gasteiger partial charge in [0.25, 0.3) is 5.91 Å².